The van der Waals surface area contributed by atoms with Crippen molar-refractivity contribution in [3.05, 3.63) is 23.3 Å². The fourth-order valence-corrected chi connectivity index (χ4v) is 2.22. The lowest BCUT2D eigenvalue weighted by Gasteiger charge is -2.25. The number of anilines is 2. The molecular weight excluding hydrogens is 228 g/mol. The zero-order valence-corrected chi connectivity index (χ0v) is 11.8. The zero-order valence-electron chi connectivity index (χ0n) is 11.8. The molecule has 0 saturated heterocycles. The number of benzene rings is 1. The van der Waals surface area contributed by atoms with Gasteiger partial charge in [-0.1, -0.05) is 13.3 Å². The number of hydrogen-bond donors (Lipinski definition) is 1. The highest BCUT2D eigenvalue weighted by atomic mass is 16.4. The molecule has 0 aliphatic rings. The SMILES string of the molecule is CCCc1c(N(C)C)ccc(C(=O)O)c1N(C)C. The Morgan fingerprint density at radius 1 is 1.17 bits per heavy atom. The smallest absolute Gasteiger partial charge is 0.337 e. The van der Waals surface area contributed by atoms with E-state index in [1.807, 2.05) is 44.1 Å². The van der Waals surface area contributed by atoms with Crippen LogP contribution in [0, 0.1) is 0 Å². The maximum atomic E-state index is 11.3. The molecule has 0 aliphatic heterocycles. The third-order valence-corrected chi connectivity index (χ3v) is 2.92. The van der Waals surface area contributed by atoms with Crippen molar-refractivity contribution in [2.45, 2.75) is 19.8 Å². The van der Waals surface area contributed by atoms with Crippen LogP contribution in [0.3, 0.4) is 0 Å². The molecule has 0 unspecified atom stereocenters. The summed E-state index contributed by atoms with van der Waals surface area (Å²) in [6, 6.07) is 3.58. The molecule has 100 valence electrons. The highest BCUT2D eigenvalue weighted by molar-refractivity contribution is 5.96. The lowest BCUT2D eigenvalue weighted by molar-refractivity contribution is 0.0697. The molecule has 1 aromatic carbocycles. The van der Waals surface area contributed by atoms with Gasteiger partial charge < -0.3 is 14.9 Å². The Kier molecular flexibility index (Phi) is 4.59. The average molecular weight is 250 g/mol. The molecule has 0 atom stereocenters. The van der Waals surface area contributed by atoms with Gasteiger partial charge in [0, 0.05) is 33.9 Å². The number of nitrogens with zero attached hydrogens (tertiary/aromatic N) is 2. The third-order valence-electron chi connectivity index (χ3n) is 2.92. The van der Waals surface area contributed by atoms with Crippen LogP contribution in [0.5, 0.6) is 0 Å². The highest BCUT2D eigenvalue weighted by Gasteiger charge is 2.19. The number of carboxylic acid groups (broad SMARTS) is 1. The fourth-order valence-electron chi connectivity index (χ4n) is 2.22. The Morgan fingerprint density at radius 3 is 2.17 bits per heavy atom. The number of carboxylic acids is 1. The van der Waals surface area contributed by atoms with E-state index < -0.39 is 5.97 Å². The van der Waals surface area contributed by atoms with E-state index in [-0.39, 0.29) is 0 Å². The van der Waals surface area contributed by atoms with Crippen LogP contribution in [0.4, 0.5) is 11.4 Å². The number of carbonyl (C=O) groups is 1. The molecule has 0 aromatic heterocycles. The second-order valence-corrected chi connectivity index (χ2v) is 4.80. The van der Waals surface area contributed by atoms with E-state index in [0.717, 1.165) is 29.8 Å². The quantitative estimate of drug-likeness (QED) is 0.872. The van der Waals surface area contributed by atoms with Crippen LogP contribution < -0.4 is 9.80 Å². The van der Waals surface area contributed by atoms with Gasteiger partial charge in [0.15, 0.2) is 0 Å². The summed E-state index contributed by atoms with van der Waals surface area (Å²) in [5.41, 5.74) is 3.38. The molecule has 0 bridgehead atoms. The predicted octanol–water partition coefficient (Wildman–Crippen LogP) is 2.47. The van der Waals surface area contributed by atoms with Crippen molar-refractivity contribution in [1.29, 1.82) is 0 Å². The second-order valence-electron chi connectivity index (χ2n) is 4.80. The summed E-state index contributed by atoms with van der Waals surface area (Å²) in [7, 11) is 7.74. The van der Waals surface area contributed by atoms with Crippen LogP contribution in [-0.2, 0) is 6.42 Å². The molecule has 18 heavy (non-hydrogen) atoms. The molecule has 0 heterocycles. The Bertz CT molecular complexity index is 440. The number of hydrogen-bond acceptors (Lipinski definition) is 3. The number of rotatable bonds is 5. The number of aromatic carboxylic acids is 1. The first-order valence-corrected chi connectivity index (χ1v) is 6.14. The van der Waals surface area contributed by atoms with Crippen LogP contribution >= 0.6 is 0 Å². The fraction of sp³-hybridized carbons (Fsp3) is 0.500. The molecule has 0 spiro atoms. The topological polar surface area (TPSA) is 43.8 Å². The molecule has 1 N–H and O–H groups in total. The van der Waals surface area contributed by atoms with Crippen molar-refractivity contribution in [2.75, 3.05) is 38.0 Å². The monoisotopic (exact) mass is 250 g/mol. The van der Waals surface area contributed by atoms with Gasteiger partial charge in [0.2, 0.25) is 0 Å². The molecule has 0 radical (unpaired) electrons. The zero-order chi connectivity index (χ0) is 13.9. The van der Waals surface area contributed by atoms with Gasteiger partial charge in [-0.3, -0.25) is 0 Å². The van der Waals surface area contributed by atoms with Crippen molar-refractivity contribution < 1.29 is 9.90 Å². The molecule has 0 amide bonds. The van der Waals surface area contributed by atoms with E-state index in [1.165, 1.54) is 0 Å². The summed E-state index contributed by atoms with van der Waals surface area (Å²) >= 11 is 0. The first-order chi connectivity index (χ1) is 8.40. The van der Waals surface area contributed by atoms with E-state index in [9.17, 15) is 9.90 Å². The van der Waals surface area contributed by atoms with Gasteiger partial charge >= 0.3 is 5.97 Å². The molecule has 1 aromatic rings. The highest BCUT2D eigenvalue weighted by Crippen LogP contribution is 2.33. The van der Waals surface area contributed by atoms with E-state index in [0.29, 0.717) is 5.56 Å². The van der Waals surface area contributed by atoms with E-state index >= 15 is 0 Å². The maximum absolute atomic E-state index is 11.3. The minimum Gasteiger partial charge on any atom is -0.478 e. The van der Waals surface area contributed by atoms with Gasteiger partial charge in [0.05, 0.1) is 11.3 Å². The van der Waals surface area contributed by atoms with Crippen LogP contribution in [-0.4, -0.2) is 39.3 Å². The summed E-state index contributed by atoms with van der Waals surface area (Å²) in [5, 5.41) is 9.30. The van der Waals surface area contributed by atoms with Crippen LogP contribution in [0.15, 0.2) is 12.1 Å². The van der Waals surface area contributed by atoms with Crippen molar-refractivity contribution in [3.63, 3.8) is 0 Å². The Balaban J connectivity index is 3.54. The van der Waals surface area contributed by atoms with E-state index in [2.05, 4.69) is 6.92 Å². The Hall–Kier alpha value is -1.71. The summed E-state index contributed by atoms with van der Waals surface area (Å²) in [5.74, 6) is -0.874. The summed E-state index contributed by atoms with van der Waals surface area (Å²) < 4.78 is 0. The van der Waals surface area contributed by atoms with Gasteiger partial charge in [-0.25, -0.2) is 4.79 Å². The van der Waals surface area contributed by atoms with Crippen LogP contribution in [0.25, 0.3) is 0 Å². The van der Waals surface area contributed by atoms with Gasteiger partial charge in [0.25, 0.3) is 0 Å². The Labute approximate surface area is 109 Å². The lowest BCUT2D eigenvalue weighted by Crippen LogP contribution is -2.20. The van der Waals surface area contributed by atoms with Crippen LogP contribution in [0.2, 0.25) is 0 Å². The van der Waals surface area contributed by atoms with Crippen molar-refractivity contribution in [3.8, 4) is 0 Å². The first kappa shape index (κ1) is 14.4. The predicted molar refractivity (Wildman–Crippen MR) is 76.1 cm³/mol. The van der Waals surface area contributed by atoms with Gasteiger partial charge in [-0.05, 0) is 24.1 Å². The van der Waals surface area contributed by atoms with Crippen molar-refractivity contribution >= 4 is 17.3 Å². The normalized spacial score (nSPS) is 10.3. The molecule has 1 rings (SSSR count). The molecule has 4 heteroatoms. The van der Waals surface area contributed by atoms with Gasteiger partial charge in [0.1, 0.15) is 0 Å². The van der Waals surface area contributed by atoms with Crippen molar-refractivity contribution in [1.82, 2.24) is 0 Å². The first-order valence-electron chi connectivity index (χ1n) is 6.14. The lowest BCUT2D eigenvalue weighted by atomic mass is 9.99. The summed E-state index contributed by atoms with van der Waals surface area (Å²) in [6.45, 7) is 2.10. The minimum atomic E-state index is -0.874. The molecule has 0 fully saturated rings. The summed E-state index contributed by atoms with van der Waals surface area (Å²) in [4.78, 5) is 15.2. The molecule has 4 nitrogen and oxygen atoms in total. The van der Waals surface area contributed by atoms with E-state index in [4.69, 9.17) is 0 Å². The van der Waals surface area contributed by atoms with Crippen molar-refractivity contribution in [2.24, 2.45) is 0 Å². The van der Waals surface area contributed by atoms with E-state index in [1.54, 1.807) is 6.07 Å². The molecule has 0 aliphatic carbocycles. The molecular formula is C14H22N2O2. The molecule has 0 saturated carbocycles. The minimum absolute atomic E-state index is 0.369. The standard InChI is InChI=1S/C14H22N2O2/c1-6-7-10-12(15(2)3)9-8-11(14(17)18)13(10)16(4)5/h8-9H,6-7H2,1-5H3,(H,17,18). The van der Waals surface area contributed by atoms with Gasteiger partial charge in [-0.2, -0.15) is 0 Å². The second kappa shape index (κ2) is 5.76. The van der Waals surface area contributed by atoms with Crippen LogP contribution in [0.1, 0.15) is 29.3 Å². The average Bonchev–Trinajstić information content (AvgIpc) is 2.27. The summed E-state index contributed by atoms with van der Waals surface area (Å²) in [6.07, 6.45) is 1.87. The van der Waals surface area contributed by atoms with Gasteiger partial charge in [-0.15, -0.1) is 0 Å². The largest absolute Gasteiger partial charge is 0.478 e. The maximum Gasteiger partial charge on any atom is 0.337 e. The third kappa shape index (κ3) is 2.75. The Morgan fingerprint density at radius 2 is 1.78 bits per heavy atom.